The summed E-state index contributed by atoms with van der Waals surface area (Å²) in [6, 6.07) is 0.284. The van der Waals surface area contributed by atoms with Crippen LogP contribution < -0.4 is 4.57 Å². The molecule has 0 radical (unpaired) electrons. The third kappa shape index (κ3) is 2.43. The molecule has 2 heterocycles. The number of aliphatic imine (C=N–C) groups is 1. The maximum atomic E-state index is 5.63. The van der Waals surface area contributed by atoms with Gasteiger partial charge >= 0.3 is 0 Å². The van der Waals surface area contributed by atoms with Crippen LogP contribution in [-0.2, 0) is 18.3 Å². The van der Waals surface area contributed by atoms with E-state index in [0.29, 0.717) is 6.61 Å². The van der Waals surface area contributed by atoms with Crippen molar-refractivity contribution in [2.24, 2.45) is 17.5 Å². The maximum absolute atomic E-state index is 5.63. The molecule has 0 N–H and O–H groups in total. The number of hydrogen-bond acceptors (Lipinski definition) is 2. The minimum Gasteiger partial charge on any atom is -0.476 e. The first kappa shape index (κ1) is 11.2. The summed E-state index contributed by atoms with van der Waals surface area (Å²) in [5, 5.41) is 0. The highest BCUT2D eigenvalue weighted by Gasteiger charge is 2.30. The molecule has 1 aliphatic heterocycles. The van der Waals surface area contributed by atoms with Gasteiger partial charge in [-0.15, -0.1) is 0 Å². The van der Waals surface area contributed by atoms with Gasteiger partial charge in [0.1, 0.15) is 19.0 Å². The molecule has 1 aliphatic rings. The molecule has 1 aromatic heterocycles. The fraction of sp³-hybridized carbons (Fsp3) is 0.667. The molecule has 0 saturated heterocycles. The van der Waals surface area contributed by atoms with Crippen LogP contribution in [0.1, 0.15) is 20.8 Å². The lowest BCUT2D eigenvalue weighted by atomic mass is 9.88. The Morgan fingerprint density at radius 2 is 2.31 bits per heavy atom. The topological polar surface area (TPSA) is 30.4 Å². The molecule has 0 bridgehead atoms. The van der Waals surface area contributed by atoms with Crippen LogP contribution in [0, 0.1) is 5.41 Å². The SMILES string of the molecule is C[n+]1ccn(CC2=N[C@@H](C(C)(C)C)CO2)c1. The van der Waals surface area contributed by atoms with Gasteiger partial charge in [0, 0.05) is 0 Å². The predicted octanol–water partition coefficient (Wildman–Crippen LogP) is 1.16. The van der Waals surface area contributed by atoms with Crippen molar-refractivity contribution in [3.05, 3.63) is 18.7 Å². The summed E-state index contributed by atoms with van der Waals surface area (Å²) in [6.07, 6.45) is 6.06. The minimum absolute atomic E-state index is 0.184. The van der Waals surface area contributed by atoms with E-state index in [1.54, 1.807) is 0 Å². The van der Waals surface area contributed by atoms with Gasteiger partial charge in [-0.25, -0.2) is 14.1 Å². The van der Waals surface area contributed by atoms with Gasteiger partial charge in [0.05, 0.1) is 13.1 Å². The average Bonchev–Trinajstić information content (AvgIpc) is 2.74. The molecule has 1 atom stereocenters. The molecule has 0 aromatic carbocycles. The Morgan fingerprint density at radius 1 is 1.56 bits per heavy atom. The van der Waals surface area contributed by atoms with Crippen LogP contribution in [0.15, 0.2) is 23.7 Å². The molecular formula is C12H20N3O+. The highest BCUT2D eigenvalue weighted by molar-refractivity contribution is 5.77. The van der Waals surface area contributed by atoms with Crippen molar-refractivity contribution >= 4 is 5.90 Å². The summed E-state index contributed by atoms with van der Waals surface area (Å²) in [7, 11) is 2.01. The van der Waals surface area contributed by atoms with Crippen molar-refractivity contribution in [3.63, 3.8) is 0 Å². The molecule has 0 fully saturated rings. The zero-order valence-corrected chi connectivity index (χ0v) is 10.5. The molecule has 2 rings (SSSR count). The van der Waals surface area contributed by atoms with Gasteiger partial charge in [0.2, 0.25) is 12.2 Å². The van der Waals surface area contributed by atoms with Crippen LogP contribution in [0.5, 0.6) is 0 Å². The number of aromatic nitrogens is 2. The van der Waals surface area contributed by atoms with Gasteiger partial charge in [0.25, 0.3) is 0 Å². The lowest BCUT2D eigenvalue weighted by molar-refractivity contribution is -0.671. The molecule has 4 heteroatoms. The monoisotopic (exact) mass is 222 g/mol. The first-order valence-corrected chi connectivity index (χ1v) is 5.65. The van der Waals surface area contributed by atoms with E-state index >= 15 is 0 Å². The van der Waals surface area contributed by atoms with E-state index in [1.807, 2.05) is 30.3 Å². The highest BCUT2D eigenvalue weighted by Crippen LogP contribution is 2.26. The van der Waals surface area contributed by atoms with Crippen molar-refractivity contribution in [2.75, 3.05) is 6.61 Å². The summed E-state index contributed by atoms with van der Waals surface area (Å²) in [4.78, 5) is 4.63. The van der Waals surface area contributed by atoms with Gasteiger partial charge in [-0.2, -0.15) is 0 Å². The predicted molar refractivity (Wildman–Crippen MR) is 62.2 cm³/mol. The fourth-order valence-electron chi connectivity index (χ4n) is 1.71. The van der Waals surface area contributed by atoms with Gasteiger partial charge in [-0.05, 0) is 5.41 Å². The first-order valence-electron chi connectivity index (χ1n) is 5.65. The Hall–Kier alpha value is -1.32. The molecule has 4 nitrogen and oxygen atoms in total. The third-order valence-electron chi connectivity index (χ3n) is 2.85. The number of rotatable bonds is 2. The van der Waals surface area contributed by atoms with Crippen LogP contribution in [0.25, 0.3) is 0 Å². The lowest BCUT2D eigenvalue weighted by Gasteiger charge is -2.21. The smallest absolute Gasteiger partial charge is 0.243 e. The third-order valence-corrected chi connectivity index (χ3v) is 2.85. The van der Waals surface area contributed by atoms with Crippen molar-refractivity contribution in [1.29, 1.82) is 0 Å². The largest absolute Gasteiger partial charge is 0.476 e. The maximum Gasteiger partial charge on any atom is 0.243 e. The molecule has 1 aromatic rings. The molecule has 88 valence electrons. The molecule has 0 unspecified atom stereocenters. The van der Waals surface area contributed by atoms with E-state index in [-0.39, 0.29) is 11.5 Å². The quantitative estimate of drug-likeness (QED) is 0.691. The Labute approximate surface area is 96.6 Å². The lowest BCUT2D eigenvalue weighted by Crippen LogP contribution is -2.25. The summed E-state index contributed by atoms with van der Waals surface area (Å²) in [6.45, 7) is 8.04. The fourth-order valence-corrected chi connectivity index (χ4v) is 1.71. The second kappa shape index (κ2) is 3.92. The zero-order valence-electron chi connectivity index (χ0n) is 10.5. The molecule has 0 aliphatic carbocycles. The number of aryl methyl sites for hydroxylation is 1. The number of ether oxygens (including phenoxy) is 1. The van der Waals surface area contributed by atoms with Crippen molar-refractivity contribution in [1.82, 2.24) is 4.57 Å². The molecular weight excluding hydrogens is 202 g/mol. The second-order valence-electron chi connectivity index (χ2n) is 5.47. The van der Waals surface area contributed by atoms with Crippen LogP contribution in [0.3, 0.4) is 0 Å². The van der Waals surface area contributed by atoms with E-state index in [0.717, 1.165) is 12.4 Å². The highest BCUT2D eigenvalue weighted by atomic mass is 16.5. The summed E-state index contributed by atoms with van der Waals surface area (Å²) >= 11 is 0. The Kier molecular flexibility index (Phi) is 2.74. The Bertz CT molecular complexity index is 401. The summed E-state index contributed by atoms with van der Waals surface area (Å²) in [5.41, 5.74) is 0.184. The van der Waals surface area contributed by atoms with Crippen LogP contribution in [0.4, 0.5) is 0 Å². The van der Waals surface area contributed by atoms with E-state index in [1.165, 1.54) is 0 Å². The molecule has 0 amide bonds. The van der Waals surface area contributed by atoms with Crippen LogP contribution in [0.2, 0.25) is 0 Å². The molecule has 0 spiro atoms. The summed E-state index contributed by atoms with van der Waals surface area (Å²) in [5.74, 6) is 0.844. The van der Waals surface area contributed by atoms with Crippen molar-refractivity contribution in [2.45, 2.75) is 33.4 Å². The second-order valence-corrected chi connectivity index (χ2v) is 5.47. The zero-order chi connectivity index (χ0) is 11.8. The van der Waals surface area contributed by atoms with E-state index < -0.39 is 0 Å². The van der Waals surface area contributed by atoms with Gasteiger partial charge < -0.3 is 4.74 Å². The number of imidazole rings is 1. The molecule has 0 saturated carbocycles. The van der Waals surface area contributed by atoms with E-state index in [9.17, 15) is 0 Å². The first-order chi connectivity index (χ1) is 7.45. The van der Waals surface area contributed by atoms with Gasteiger partial charge in [-0.1, -0.05) is 20.8 Å². The van der Waals surface area contributed by atoms with E-state index in [2.05, 4.69) is 30.3 Å². The minimum atomic E-state index is 0.184. The number of hydrogen-bond donors (Lipinski definition) is 0. The van der Waals surface area contributed by atoms with Crippen LogP contribution >= 0.6 is 0 Å². The normalized spacial score (nSPS) is 20.8. The standard InChI is InChI=1S/C12H20N3O/c1-12(2,3)10-8-16-11(13-10)7-15-6-5-14(4)9-15/h5-6,9-10H,7-8H2,1-4H3/q+1/t10-/m1/s1. The van der Waals surface area contributed by atoms with Gasteiger partial charge in [-0.3, -0.25) is 0 Å². The molecule has 16 heavy (non-hydrogen) atoms. The van der Waals surface area contributed by atoms with E-state index in [4.69, 9.17) is 4.74 Å². The van der Waals surface area contributed by atoms with Crippen molar-refractivity contribution < 1.29 is 9.30 Å². The summed E-state index contributed by atoms with van der Waals surface area (Å²) < 4.78 is 9.71. The average molecular weight is 222 g/mol. The Morgan fingerprint density at radius 3 is 2.81 bits per heavy atom. The number of nitrogens with zero attached hydrogens (tertiary/aromatic N) is 3. The van der Waals surface area contributed by atoms with Crippen LogP contribution in [-0.4, -0.2) is 23.1 Å². The van der Waals surface area contributed by atoms with Crippen molar-refractivity contribution in [3.8, 4) is 0 Å². The van der Waals surface area contributed by atoms with Gasteiger partial charge in [0.15, 0.2) is 6.54 Å². The Balaban J connectivity index is 2.02.